The first kappa shape index (κ1) is 39.7. The Kier molecular flexibility index (Phi) is 9.57. The third-order valence-corrected chi connectivity index (χ3v) is 17.9. The number of esters is 1. The molecule has 9 atom stereocenters. The topological polar surface area (TPSA) is 157 Å². The van der Waals surface area contributed by atoms with Crippen LogP contribution in [-0.2, 0) is 29.0 Å². The fraction of sp³-hybridized carbons (Fsp3) is 0.698. The van der Waals surface area contributed by atoms with Gasteiger partial charge in [-0.15, -0.1) is 0 Å². The van der Waals surface area contributed by atoms with Crippen LogP contribution in [-0.4, -0.2) is 43.8 Å². The molecule has 4 fully saturated rings. The summed E-state index contributed by atoms with van der Waals surface area (Å²) in [6.45, 7) is 17.5. The number of fused-ring (bicyclic) bond motifs is 7. The Bertz CT molecular complexity index is 2020. The van der Waals surface area contributed by atoms with Crippen LogP contribution < -0.4 is 9.64 Å². The summed E-state index contributed by atoms with van der Waals surface area (Å²) in [7, 11) is -4.25. The van der Waals surface area contributed by atoms with Crippen LogP contribution in [0.2, 0.25) is 0 Å². The number of Topliss-reactive ketones (excluding diaryl/α,β-unsaturated/α-hetero) is 1. The molecule has 0 saturated heterocycles. The number of nitrogens with zero attached hydrogens (tertiary/aromatic N) is 2. The van der Waals surface area contributed by atoms with Crippen LogP contribution in [0.5, 0.6) is 5.88 Å². The van der Waals surface area contributed by atoms with E-state index < -0.39 is 26.2 Å². The van der Waals surface area contributed by atoms with Crippen molar-refractivity contribution in [3.8, 4) is 5.88 Å². The van der Waals surface area contributed by atoms with Crippen LogP contribution in [0.3, 0.4) is 0 Å². The Hall–Kier alpha value is -3.54. The second-order valence-corrected chi connectivity index (χ2v) is 21.3. The van der Waals surface area contributed by atoms with Crippen molar-refractivity contribution >= 4 is 27.4 Å². The molecule has 0 radical (unpaired) electrons. The highest BCUT2D eigenvalue weighted by Gasteiger charge is 2.70. The van der Waals surface area contributed by atoms with E-state index in [1.54, 1.807) is 18.2 Å². The van der Waals surface area contributed by atoms with Gasteiger partial charge in [0, 0.05) is 30.1 Å². The normalized spacial score (nSPS) is 38.0. The molecule has 55 heavy (non-hydrogen) atoms. The fourth-order valence-corrected chi connectivity index (χ4v) is 14.1. The van der Waals surface area contributed by atoms with E-state index >= 15 is 0 Å². The summed E-state index contributed by atoms with van der Waals surface area (Å²) < 4.78 is 42.5. The van der Waals surface area contributed by atoms with Crippen molar-refractivity contribution < 1.29 is 41.8 Å². The molecule has 0 unspecified atom stereocenters. The zero-order chi connectivity index (χ0) is 40.0. The molecule has 12 heteroatoms. The zero-order valence-corrected chi connectivity index (χ0v) is 34.6. The van der Waals surface area contributed by atoms with Crippen molar-refractivity contribution in [2.24, 2.45) is 50.2 Å². The maximum absolute atomic E-state index is 14.8. The molecule has 0 N–H and O–H groups in total. The molecule has 2 aromatic rings. The number of aromatic nitrogens is 2. The highest BCUT2D eigenvalue weighted by Crippen LogP contribution is 2.75. The van der Waals surface area contributed by atoms with Gasteiger partial charge in [-0.25, -0.2) is 8.42 Å². The molecule has 1 aromatic carbocycles. The van der Waals surface area contributed by atoms with E-state index in [-0.39, 0.29) is 91.3 Å². The SMILES string of the molecule is CC(=O)O[C@H]1CC[C@]2(C)[C@H]3C(=O)C=C4[C@@H]5C[C@@](C)(C(=O)CCCOc6no[n+]([O-])c6S(=O)(=O)c6ccccc6)CC[C@]5(C)CC[C@@]4(C)[C@]3(C)CC[C@H]2C1(C)C. The maximum atomic E-state index is 14.8. The molecule has 300 valence electrons. The molecule has 0 bridgehead atoms. The number of hydrogen-bond acceptors (Lipinski definition) is 10. The van der Waals surface area contributed by atoms with Gasteiger partial charge in [0.15, 0.2) is 5.78 Å². The minimum atomic E-state index is -4.25. The average Bonchev–Trinajstić information content (AvgIpc) is 3.50. The van der Waals surface area contributed by atoms with Gasteiger partial charge in [-0.1, -0.05) is 72.2 Å². The van der Waals surface area contributed by atoms with E-state index in [2.05, 4.69) is 58.3 Å². The van der Waals surface area contributed by atoms with Crippen LogP contribution in [0.1, 0.15) is 126 Å². The summed E-state index contributed by atoms with van der Waals surface area (Å²) >= 11 is 0. The van der Waals surface area contributed by atoms with E-state index in [0.29, 0.717) is 12.8 Å². The second-order valence-electron chi connectivity index (χ2n) is 19.4. The van der Waals surface area contributed by atoms with Crippen molar-refractivity contribution in [2.75, 3.05) is 6.61 Å². The molecule has 0 amide bonds. The third kappa shape index (κ3) is 6.01. The predicted octanol–water partition coefficient (Wildman–Crippen LogP) is 7.78. The Labute approximate surface area is 325 Å². The molecule has 11 nitrogen and oxygen atoms in total. The third-order valence-electron chi connectivity index (χ3n) is 16.1. The fourth-order valence-electron chi connectivity index (χ4n) is 12.8. The second kappa shape index (κ2) is 13.3. The zero-order valence-electron chi connectivity index (χ0n) is 33.7. The van der Waals surface area contributed by atoms with E-state index in [0.717, 1.165) is 51.4 Å². The standard InChI is InChI=1S/C43H58N2O9S/c1-27(46)53-34-17-18-41(6)32(38(34,2)3)16-19-43(8)35(41)31(47)25-29-30-26-40(5,21-20-39(30,4)22-23-42(29,43)7)33(48)15-12-24-52-36-37(45(49)54-44-36)55(50,51)28-13-10-9-11-14-28/h9-11,13-14,25,30,32,34-35H,12,15-24,26H2,1-8H3/t30-,32-,34-,35+,39+,40-,41-,42+,43+/m0/s1. The largest absolute Gasteiger partial charge is 0.462 e. The van der Waals surface area contributed by atoms with E-state index in [4.69, 9.17) is 9.47 Å². The molecular formula is C43H58N2O9S. The first-order valence-electron chi connectivity index (χ1n) is 20.1. The van der Waals surface area contributed by atoms with Gasteiger partial charge in [-0.2, -0.15) is 0 Å². The molecule has 4 saturated carbocycles. The van der Waals surface area contributed by atoms with Crippen molar-refractivity contribution in [2.45, 2.75) is 142 Å². The van der Waals surface area contributed by atoms with Crippen LogP contribution in [0.4, 0.5) is 0 Å². The number of benzene rings is 1. The van der Waals surface area contributed by atoms with Gasteiger partial charge in [-0.3, -0.25) is 19.0 Å². The van der Waals surface area contributed by atoms with Crippen LogP contribution in [0.15, 0.2) is 56.5 Å². The molecule has 0 spiro atoms. The molecule has 1 aromatic heterocycles. The lowest BCUT2D eigenvalue weighted by Gasteiger charge is -2.70. The van der Waals surface area contributed by atoms with Gasteiger partial charge in [0.2, 0.25) is 0 Å². The van der Waals surface area contributed by atoms with Crippen molar-refractivity contribution in [1.29, 1.82) is 0 Å². The summed E-state index contributed by atoms with van der Waals surface area (Å²) in [5.74, 6) is -0.118. The van der Waals surface area contributed by atoms with Crippen molar-refractivity contribution in [3.63, 3.8) is 0 Å². The highest BCUT2D eigenvalue weighted by atomic mass is 32.2. The summed E-state index contributed by atoms with van der Waals surface area (Å²) in [4.78, 5) is 40.7. The minimum Gasteiger partial charge on any atom is -0.462 e. The lowest BCUT2D eigenvalue weighted by atomic mass is 9.33. The molecule has 0 aliphatic heterocycles. The van der Waals surface area contributed by atoms with Gasteiger partial charge in [0.1, 0.15) is 11.9 Å². The lowest BCUT2D eigenvalue weighted by Crippen LogP contribution is -2.66. The van der Waals surface area contributed by atoms with Crippen molar-refractivity contribution in [3.05, 3.63) is 47.2 Å². The number of hydrogen-bond donors (Lipinski definition) is 0. The molecular weight excluding hydrogens is 721 g/mol. The van der Waals surface area contributed by atoms with Gasteiger partial charge in [0.25, 0.3) is 9.84 Å². The summed E-state index contributed by atoms with van der Waals surface area (Å²) in [6, 6.07) is 7.52. The van der Waals surface area contributed by atoms with Crippen molar-refractivity contribution in [1.82, 2.24) is 5.16 Å². The Morgan fingerprint density at radius 3 is 2.35 bits per heavy atom. The number of ether oxygens (including phenoxy) is 2. The van der Waals surface area contributed by atoms with Gasteiger partial charge >= 0.3 is 16.9 Å². The summed E-state index contributed by atoms with van der Waals surface area (Å²) in [6.07, 6.45) is 10.3. The van der Waals surface area contributed by atoms with Crippen LogP contribution in [0.25, 0.3) is 0 Å². The molecule has 5 aliphatic rings. The minimum absolute atomic E-state index is 0.00972. The highest BCUT2D eigenvalue weighted by molar-refractivity contribution is 7.91. The first-order valence-corrected chi connectivity index (χ1v) is 21.6. The van der Waals surface area contributed by atoms with Crippen LogP contribution in [0, 0.1) is 55.5 Å². The van der Waals surface area contributed by atoms with Gasteiger partial charge in [-0.05, 0) is 121 Å². The first-order chi connectivity index (χ1) is 25.6. The quantitative estimate of drug-likeness (QED) is 0.140. The summed E-state index contributed by atoms with van der Waals surface area (Å²) in [5, 5.41) is 15.1. The average molecular weight is 779 g/mol. The lowest BCUT2D eigenvalue weighted by molar-refractivity contribution is -0.832. The van der Waals surface area contributed by atoms with Gasteiger partial charge in [0.05, 0.1) is 16.7 Å². The number of ketones is 2. The molecule has 7 rings (SSSR count). The van der Waals surface area contributed by atoms with E-state index in [1.165, 1.54) is 24.6 Å². The van der Waals surface area contributed by atoms with Gasteiger partial charge < -0.3 is 14.7 Å². The number of carbonyl (C=O) groups excluding carboxylic acids is 3. The number of allylic oxidation sites excluding steroid dienone is 2. The van der Waals surface area contributed by atoms with E-state index in [1.807, 2.05) is 6.08 Å². The predicted molar refractivity (Wildman–Crippen MR) is 202 cm³/mol. The van der Waals surface area contributed by atoms with E-state index in [9.17, 15) is 28.0 Å². The Morgan fingerprint density at radius 1 is 0.964 bits per heavy atom. The Morgan fingerprint density at radius 2 is 1.65 bits per heavy atom. The summed E-state index contributed by atoms with van der Waals surface area (Å²) in [5.41, 5.74) is -0.264. The Balaban J connectivity index is 1.08. The molecule has 5 aliphatic carbocycles. The number of sulfone groups is 1. The number of rotatable bonds is 9. The monoisotopic (exact) mass is 778 g/mol. The smallest absolute Gasteiger partial charge is 0.414 e. The van der Waals surface area contributed by atoms with Crippen LogP contribution >= 0.6 is 0 Å². The maximum Gasteiger partial charge on any atom is 0.414 e. The number of carbonyl (C=O) groups is 3. The molecule has 1 heterocycles.